The quantitative estimate of drug-likeness (QED) is 0.662. The highest BCUT2D eigenvalue weighted by atomic mass is 16.4. The van der Waals surface area contributed by atoms with Crippen molar-refractivity contribution in [2.45, 2.75) is 25.3 Å². The van der Waals surface area contributed by atoms with Crippen LogP contribution < -0.4 is 10.6 Å². The molecular formula is C17H19N3O4. The van der Waals surface area contributed by atoms with Crippen molar-refractivity contribution in [1.29, 1.82) is 0 Å². The number of carbonyl (C=O) groups is 3. The average molecular weight is 329 g/mol. The third-order valence-corrected chi connectivity index (χ3v) is 4.33. The molecule has 1 aliphatic carbocycles. The Bertz CT molecular complexity index is 750. The highest BCUT2D eigenvalue weighted by molar-refractivity contribution is 5.99. The molecule has 3 rings (SSSR count). The summed E-state index contributed by atoms with van der Waals surface area (Å²) >= 11 is 0. The maximum Gasteiger partial charge on any atom is 0.306 e. The molecule has 1 heterocycles. The number of para-hydroxylation sites is 1. The molecule has 1 aliphatic rings. The van der Waals surface area contributed by atoms with Crippen LogP contribution in [0.3, 0.4) is 0 Å². The fourth-order valence-electron chi connectivity index (χ4n) is 3.07. The Morgan fingerprint density at radius 3 is 2.71 bits per heavy atom. The molecule has 0 radical (unpaired) electrons. The summed E-state index contributed by atoms with van der Waals surface area (Å²) in [5.41, 5.74) is 1.26. The first-order valence-electron chi connectivity index (χ1n) is 7.91. The van der Waals surface area contributed by atoms with Gasteiger partial charge in [0.05, 0.1) is 12.5 Å². The monoisotopic (exact) mass is 329 g/mol. The van der Waals surface area contributed by atoms with Crippen LogP contribution in [0, 0.1) is 5.92 Å². The third-order valence-electron chi connectivity index (χ3n) is 4.33. The Labute approximate surface area is 138 Å². The molecule has 0 spiro atoms. The molecule has 0 saturated heterocycles. The summed E-state index contributed by atoms with van der Waals surface area (Å²) < 4.78 is 0. The molecule has 0 unspecified atom stereocenters. The lowest BCUT2D eigenvalue weighted by molar-refractivity contribution is -0.141. The number of aromatic amines is 1. The topological polar surface area (TPSA) is 111 Å². The number of H-pyrrole nitrogens is 1. The van der Waals surface area contributed by atoms with Crippen LogP contribution in [0.15, 0.2) is 30.3 Å². The number of aromatic nitrogens is 1. The molecule has 7 nitrogen and oxygen atoms in total. The minimum atomic E-state index is -0.820. The van der Waals surface area contributed by atoms with E-state index in [2.05, 4.69) is 15.6 Å². The number of hydrogen-bond acceptors (Lipinski definition) is 3. The van der Waals surface area contributed by atoms with E-state index in [1.165, 1.54) is 0 Å². The second kappa shape index (κ2) is 6.74. The predicted molar refractivity (Wildman–Crippen MR) is 87.5 cm³/mol. The average Bonchev–Trinajstić information content (AvgIpc) is 3.19. The SMILES string of the molecule is O=C(CNC(=O)c1cc2ccccc2[nH]1)N[C@H]1CC[C@@H](C(=O)O)C1. The Balaban J connectivity index is 1.49. The lowest BCUT2D eigenvalue weighted by atomic mass is 10.1. The molecular weight excluding hydrogens is 310 g/mol. The zero-order valence-corrected chi connectivity index (χ0v) is 13.0. The predicted octanol–water partition coefficient (Wildman–Crippen LogP) is 1.27. The maximum atomic E-state index is 12.1. The number of hydrogen-bond donors (Lipinski definition) is 4. The Kier molecular flexibility index (Phi) is 4.50. The fraction of sp³-hybridized carbons (Fsp3) is 0.353. The molecule has 0 bridgehead atoms. The van der Waals surface area contributed by atoms with Gasteiger partial charge in [-0.15, -0.1) is 0 Å². The summed E-state index contributed by atoms with van der Waals surface area (Å²) in [7, 11) is 0. The van der Waals surface area contributed by atoms with Gasteiger partial charge >= 0.3 is 5.97 Å². The van der Waals surface area contributed by atoms with Crippen LogP contribution in [0.5, 0.6) is 0 Å². The van der Waals surface area contributed by atoms with E-state index < -0.39 is 11.9 Å². The number of nitrogens with one attached hydrogen (secondary N) is 3. The Morgan fingerprint density at radius 1 is 1.21 bits per heavy atom. The van der Waals surface area contributed by atoms with Crippen molar-refractivity contribution >= 4 is 28.7 Å². The normalized spacial score (nSPS) is 20.0. The molecule has 7 heteroatoms. The molecule has 4 N–H and O–H groups in total. The fourth-order valence-corrected chi connectivity index (χ4v) is 3.07. The van der Waals surface area contributed by atoms with E-state index in [9.17, 15) is 14.4 Å². The molecule has 1 aromatic carbocycles. The molecule has 1 aromatic heterocycles. The van der Waals surface area contributed by atoms with Gasteiger partial charge in [0.2, 0.25) is 5.91 Å². The number of fused-ring (bicyclic) bond motifs is 1. The second-order valence-corrected chi connectivity index (χ2v) is 6.07. The van der Waals surface area contributed by atoms with E-state index in [-0.39, 0.29) is 24.4 Å². The Hall–Kier alpha value is -2.83. The van der Waals surface area contributed by atoms with Gasteiger partial charge in [-0.3, -0.25) is 14.4 Å². The van der Waals surface area contributed by atoms with Gasteiger partial charge in [0.25, 0.3) is 5.91 Å². The van der Waals surface area contributed by atoms with Crippen LogP contribution in [-0.4, -0.2) is 40.5 Å². The van der Waals surface area contributed by atoms with Gasteiger partial charge in [0.1, 0.15) is 5.69 Å². The number of carbonyl (C=O) groups excluding carboxylic acids is 2. The van der Waals surface area contributed by atoms with Crippen molar-refractivity contribution in [1.82, 2.24) is 15.6 Å². The number of rotatable bonds is 5. The van der Waals surface area contributed by atoms with Crippen LogP contribution >= 0.6 is 0 Å². The molecule has 1 saturated carbocycles. The summed E-state index contributed by atoms with van der Waals surface area (Å²) in [5, 5.41) is 15.2. The van der Waals surface area contributed by atoms with Gasteiger partial charge < -0.3 is 20.7 Å². The largest absolute Gasteiger partial charge is 0.481 e. The highest BCUT2D eigenvalue weighted by Crippen LogP contribution is 2.25. The molecule has 2 atom stereocenters. The number of aliphatic carboxylic acids is 1. The van der Waals surface area contributed by atoms with E-state index in [0.717, 1.165) is 10.9 Å². The highest BCUT2D eigenvalue weighted by Gasteiger charge is 2.30. The van der Waals surface area contributed by atoms with Gasteiger partial charge in [0, 0.05) is 16.9 Å². The van der Waals surface area contributed by atoms with Crippen molar-refractivity contribution < 1.29 is 19.5 Å². The van der Waals surface area contributed by atoms with E-state index in [1.807, 2.05) is 24.3 Å². The van der Waals surface area contributed by atoms with Gasteiger partial charge in [-0.1, -0.05) is 18.2 Å². The summed E-state index contributed by atoms with van der Waals surface area (Å²) in [6.45, 7) is -0.136. The molecule has 1 fully saturated rings. The molecule has 24 heavy (non-hydrogen) atoms. The van der Waals surface area contributed by atoms with E-state index >= 15 is 0 Å². The zero-order chi connectivity index (χ0) is 17.1. The first-order valence-corrected chi connectivity index (χ1v) is 7.91. The summed E-state index contributed by atoms with van der Waals surface area (Å²) in [4.78, 5) is 37.9. The second-order valence-electron chi connectivity index (χ2n) is 6.07. The molecule has 0 aliphatic heterocycles. The van der Waals surface area contributed by atoms with Gasteiger partial charge in [0.15, 0.2) is 0 Å². The van der Waals surface area contributed by atoms with E-state index in [4.69, 9.17) is 5.11 Å². The summed E-state index contributed by atoms with van der Waals surface area (Å²) in [5.74, 6) is -1.87. The van der Waals surface area contributed by atoms with Gasteiger partial charge in [-0.05, 0) is 31.4 Å². The number of carboxylic acids is 1. The number of carboxylic acid groups (broad SMARTS) is 1. The maximum absolute atomic E-state index is 12.1. The van der Waals surface area contributed by atoms with E-state index in [1.54, 1.807) is 6.07 Å². The lowest BCUT2D eigenvalue weighted by Crippen LogP contribution is -2.41. The standard InChI is InChI=1S/C17H19N3O4/c21-15(19-12-6-5-11(7-12)17(23)24)9-18-16(22)14-8-10-3-1-2-4-13(10)20-14/h1-4,8,11-12,20H,5-7,9H2,(H,18,22)(H,19,21)(H,23,24)/t11-,12+/m1/s1. The van der Waals surface area contributed by atoms with Gasteiger partial charge in [-0.25, -0.2) is 0 Å². The minimum Gasteiger partial charge on any atom is -0.481 e. The first-order chi connectivity index (χ1) is 11.5. The third kappa shape index (κ3) is 3.56. The van der Waals surface area contributed by atoms with Crippen molar-refractivity contribution in [3.05, 3.63) is 36.0 Å². The lowest BCUT2D eigenvalue weighted by Gasteiger charge is -2.12. The van der Waals surface area contributed by atoms with Crippen molar-refractivity contribution in [3.8, 4) is 0 Å². The van der Waals surface area contributed by atoms with Crippen molar-refractivity contribution in [3.63, 3.8) is 0 Å². The number of benzene rings is 1. The van der Waals surface area contributed by atoms with Crippen LogP contribution in [-0.2, 0) is 9.59 Å². The molecule has 2 amide bonds. The summed E-state index contributed by atoms with van der Waals surface area (Å²) in [6, 6.07) is 9.13. The van der Waals surface area contributed by atoms with Gasteiger partial charge in [-0.2, -0.15) is 0 Å². The smallest absolute Gasteiger partial charge is 0.306 e. The first kappa shape index (κ1) is 16.0. The molecule has 126 valence electrons. The van der Waals surface area contributed by atoms with Crippen LogP contribution in [0.2, 0.25) is 0 Å². The van der Waals surface area contributed by atoms with Crippen molar-refractivity contribution in [2.75, 3.05) is 6.54 Å². The van der Waals surface area contributed by atoms with Crippen LogP contribution in [0.1, 0.15) is 29.8 Å². The summed E-state index contributed by atoms with van der Waals surface area (Å²) in [6.07, 6.45) is 1.66. The minimum absolute atomic E-state index is 0.136. The number of amides is 2. The van der Waals surface area contributed by atoms with E-state index in [0.29, 0.717) is 25.0 Å². The Morgan fingerprint density at radius 2 is 2.00 bits per heavy atom. The van der Waals surface area contributed by atoms with Crippen LogP contribution in [0.25, 0.3) is 10.9 Å². The zero-order valence-electron chi connectivity index (χ0n) is 13.0. The van der Waals surface area contributed by atoms with Crippen molar-refractivity contribution in [2.24, 2.45) is 5.92 Å². The van der Waals surface area contributed by atoms with Crippen LogP contribution in [0.4, 0.5) is 0 Å². The molecule has 2 aromatic rings.